The highest BCUT2D eigenvalue weighted by atomic mass is 79.9. The minimum absolute atomic E-state index is 0.547. The van der Waals surface area contributed by atoms with Gasteiger partial charge in [-0.2, -0.15) is 5.10 Å². The quantitative estimate of drug-likeness (QED) is 0.781. The Labute approximate surface area is 95.1 Å². The second kappa shape index (κ2) is 3.94. The Kier molecular flexibility index (Phi) is 2.64. The maximum atomic E-state index is 10.9. The highest BCUT2D eigenvalue weighted by molar-refractivity contribution is 9.10. The Balaban J connectivity index is 2.63. The fraction of sp³-hybridized carbons (Fsp3) is 0.100. The van der Waals surface area contributed by atoms with Gasteiger partial charge in [-0.15, -0.1) is 0 Å². The van der Waals surface area contributed by atoms with Gasteiger partial charge in [-0.25, -0.2) is 0 Å². The number of rotatable bonds is 2. The summed E-state index contributed by atoms with van der Waals surface area (Å²) in [4.78, 5) is 14.9. The van der Waals surface area contributed by atoms with Gasteiger partial charge in [-0.1, -0.05) is 0 Å². The fourth-order valence-corrected chi connectivity index (χ4v) is 1.70. The van der Waals surface area contributed by atoms with Crippen LogP contribution < -0.4 is 0 Å². The van der Waals surface area contributed by atoms with E-state index >= 15 is 0 Å². The van der Waals surface area contributed by atoms with Crippen LogP contribution >= 0.6 is 15.9 Å². The van der Waals surface area contributed by atoms with Crippen molar-refractivity contribution in [2.75, 3.05) is 0 Å². The van der Waals surface area contributed by atoms with Crippen LogP contribution in [0.2, 0.25) is 0 Å². The molecule has 0 aromatic carbocycles. The van der Waals surface area contributed by atoms with Crippen molar-refractivity contribution < 1.29 is 4.79 Å². The molecule has 0 aliphatic heterocycles. The van der Waals surface area contributed by atoms with Crippen LogP contribution in [-0.4, -0.2) is 21.1 Å². The summed E-state index contributed by atoms with van der Waals surface area (Å²) in [6.45, 7) is 0. The summed E-state index contributed by atoms with van der Waals surface area (Å²) < 4.78 is 2.29. The molecule has 0 saturated heterocycles. The van der Waals surface area contributed by atoms with Crippen LogP contribution in [-0.2, 0) is 7.05 Å². The van der Waals surface area contributed by atoms with Crippen molar-refractivity contribution in [1.29, 1.82) is 0 Å². The van der Waals surface area contributed by atoms with Gasteiger partial charge in [0.25, 0.3) is 0 Å². The van der Waals surface area contributed by atoms with Crippen molar-refractivity contribution in [2.45, 2.75) is 0 Å². The third-order valence-electron chi connectivity index (χ3n) is 2.06. The van der Waals surface area contributed by atoms with E-state index in [9.17, 15) is 4.79 Å². The van der Waals surface area contributed by atoms with E-state index in [1.165, 1.54) is 0 Å². The zero-order valence-corrected chi connectivity index (χ0v) is 9.60. The van der Waals surface area contributed by atoms with E-state index in [0.717, 1.165) is 11.8 Å². The van der Waals surface area contributed by atoms with E-state index in [4.69, 9.17) is 0 Å². The number of aromatic nitrogens is 3. The van der Waals surface area contributed by atoms with Crippen LogP contribution in [0.25, 0.3) is 11.3 Å². The molecule has 0 aliphatic carbocycles. The van der Waals surface area contributed by atoms with Crippen LogP contribution in [0.3, 0.4) is 0 Å². The van der Waals surface area contributed by atoms with Gasteiger partial charge in [0, 0.05) is 25.0 Å². The number of aldehydes is 1. The summed E-state index contributed by atoms with van der Waals surface area (Å²) in [7, 11) is 1.77. The first-order valence-electron chi connectivity index (χ1n) is 4.32. The molecule has 0 saturated carbocycles. The largest absolute Gasteiger partial charge is 0.298 e. The van der Waals surface area contributed by atoms with E-state index in [0.29, 0.717) is 15.9 Å². The van der Waals surface area contributed by atoms with Gasteiger partial charge in [0.1, 0.15) is 10.3 Å². The van der Waals surface area contributed by atoms with Crippen molar-refractivity contribution in [3.63, 3.8) is 0 Å². The van der Waals surface area contributed by atoms with Gasteiger partial charge >= 0.3 is 0 Å². The third kappa shape index (κ3) is 1.70. The summed E-state index contributed by atoms with van der Waals surface area (Å²) in [6, 6.07) is 3.68. The zero-order chi connectivity index (χ0) is 10.8. The van der Waals surface area contributed by atoms with Crippen molar-refractivity contribution in [3.05, 3.63) is 34.7 Å². The van der Waals surface area contributed by atoms with Crippen LogP contribution in [0, 0.1) is 0 Å². The molecule has 0 atom stereocenters. The average molecular weight is 266 g/mol. The van der Waals surface area contributed by atoms with Gasteiger partial charge in [-0.05, 0) is 28.1 Å². The predicted molar refractivity (Wildman–Crippen MR) is 59.5 cm³/mol. The number of hydrogen-bond donors (Lipinski definition) is 0. The number of carbonyl (C=O) groups is 1. The van der Waals surface area contributed by atoms with E-state index in [1.54, 1.807) is 24.1 Å². The third-order valence-corrected chi connectivity index (χ3v) is 3.00. The molecule has 4 nitrogen and oxygen atoms in total. The Morgan fingerprint density at radius 2 is 2.33 bits per heavy atom. The Bertz CT molecular complexity index is 493. The van der Waals surface area contributed by atoms with Crippen molar-refractivity contribution in [1.82, 2.24) is 14.8 Å². The molecule has 2 rings (SSSR count). The Hall–Kier alpha value is -1.49. The lowest BCUT2D eigenvalue weighted by Crippen LogP contribution is -1.90. The van der Waals surface area contributed by atoms with Gasteiger partial charge in [0.2, 0.25) is 0 Å². The molecule has 76 valence electrons. The van der Waals surface area contributed by atoms with Crippen LogP contribution in [0.15, 0.2) is 29.1 Å². The smallest absolute Gasteiger partial charge is 0.155 e. The SMILES string of the molecule is Cn1nc(-c2cccnc2)c(C=O)c1Br. The summed E-state index contributed by atoms with van der Waals surface area (Å²) in [6.07, 6.45) is 4.16. The summed E-state index contributed by atoms with van der Waals surface area (Å²) in [5, 5.41) is 4.25. The molecule has 5 heteroatoms. The van der Waals surface area contributed by atoms with Crippen molar-refractivity contribution >= 4 is 22.2 Å². The highest BCUT2D eigenvalue weighted by Gasteiger charge is 2.14. The number of hydrogen-bond acceptors (Lipinski definition) is 3. The van der Waals surface area contributed by atoms with E-state index in [1.807, 2.05) is 12.1 Å². The van der Waals surface area contributed by atoms with Crippen LogP contribution in [0.1, 0.15) is 10.4 Å². The second-order valence-corrected chi connectivity index (χ2v) is 3.79. The minimum atomic E-state index is 0.547. The molecule has 15 heavy (non-hydrogen) atoms. The molecular formula is C10H8BrN3O. The summed E-state index contributed by atoms with van der Waals surface area (Å²) in [5.41, 5.74) is 2.03. The molecule has 2 aromatic heterocycles. The molecular weight excluding hydrogens is 258 g/mol. The Morgan fingerprint density at radius 1 is 1.53 bits per heavy atom. The lowest BCUT2D eigenvalue weighted by Gasteiger charge is -1.95. The molecule has 2 heterocycles. The average Bonchev–Trinajstić information content (AvgIpc) is 2.56. The summed E-state index contributed by atoms with van der Waals surface area (Å²) >= 11 is 3.31. The lowest BCUT2D eigenvalue weighted by atomic mass is 10.1. The molecule has 0 amide bonds. The van der Waals surface area contributed by atoms with Gasteiger partial charge in [-0.3, -0.25) is 14.5 Å². The molecule has 0 spiro atoms. The molecule has 0 aliphatic rings. The molecule has 0 radical (unpaired) electrons. The number of carbonyl (C=O) groups excluding carboxylic acids is 1. The second-order valence-electron chi connectivity index (χ2n) is 3.04. The molecule has 0 fully saturated rings. The maximum absolute atomic E-state index is 10.9. The fourth-order valence-electron chi connectivity index (χ4n) is 1.34. The van der Waals surface area contributed by atoms with Crippen LogP contribution in [0.4, 0.5) is 0 Å². The van der Waals surface area contributed by atoms with Crippen LogP contribution in [0.5, 0.6) is 0 Å². The van der Waals surface area contributed by atoms with Crippen molar-refractivity contribution in [2.24, 2.45) is 7.05 Å². The zero-order valence-electron chi connectivity index (χ0n) is 8.01. The number of halogens is 1. The topological polar surface area (TPSA) is 47.8 Å². The Morgan fingerprint density at radius 3 is 2.93 bits per heavy atom. The van der Waals surface area contributed by atoms with Crippen molar-refractivity contribution in [3.8, 4) is 11.3 Å². The van der Waals surface area contributed by atoms with E-state index in [-0.39, 0.29) is 0 Å². The first kappa shape index (κ1) is 10.0. The molecule has 0 N–H and O–H groups in total. The van der Waals surface area contributed by atoms with E-state index < -0.39 is 0 Å². The lowest BCUT2D eigenvalue weighted by molar-refractivity contribution is 0.112. The number of aryl methyl sites for hydroxylation is 1. The highest BCUT2D eigenvalue weighted by Crippen LogP contribution is 2.26. The first-order chi connectivity index (χ1) is 7.24. The monoisotopic (exact) mass is 265 g/mol. The predicted octanol–water partition coefficient (Wildman–Crippen LogP) is 2.06. The summed E-state index contributed by atoms with van der Waals surface area (Å²) in [5.74, 6) is 0. The number of nitrogens with zero attached hydrogens (tertiary/aromatic N) is 3. The normalized spacial score (nSPS) is 10.3. The standard InChI is InChI=1S/C10H8BrN3O/c1-14-10(11)8(6-15)9(13-14)7-3-2-4-12-5-7/h2-6H,1H3. The van der Waals surface area contributed by atoms with Gasteiger partial charge in [0.05, 0.1) is 5.56 Å². The van der Waals surface area contributed by atoms with E-state index in [2.05, 4.69) is 26.0 Å². The molecule has 0 unspecified atom stereocenters. The van der Waals surface area contributed by atoms with Gasteiger partial charge in [0.15, 0.2) is 6.29 Å². The first-order valence-corrected chi connectivity index (χ1v) is 5.11. The molecule has 0 bridgehead atoms. The molecule has 2 aromatic rings. The maximum Gasteiger partial charge on any atom is 0.155 e. The minimum Gasteiger partial charge on any atom is -0.298 e. The van der Waals surface area contributed by atoms with Gasteiger partial charge < -0.3 is 0 Å². The number of pyridine rings is 1.